The summed E-state index contributed by atoms with van der Waals surface area (Å²) in [5.41, 5.74) is 2.04. The van der Waals surface area contributed by atoms with Gasteiger partial charge in [0.05, 0.1) is 15.4 Å². The zero-order valence-electron chi connectivity index (χ0n) is 9.90. The van der Waals surface area contributed by atoms with E-state index in [0.717, 1.165) is 11.8 Å². The van der Waals surface area contributed by atoms with Gasteiger partial charge in [0.1, 0.15) is 5.69 Å². The average molecular weight is 269 g/mol. The molecule has 0 N–H and O–H groups in total. The summed E-state index contributed by atoms with van der Waals surface area (Å²) >= 11 is 7.33. The second-order valence-electron chi connectivity index (χ2n) is 4.81. The van der Waals surface area contributed by atoms with Crippen molar-refractivity contribution < 1.29 is 4.79 Å². The summed E-state index contributed by atoms with van der Waals surface area (Å²) in [6, 6.07) is 1.83. The monoisotopic (exact) mass is 268 g/mol. The molecule has 0 unspecified atom stereocenters. The number of halogens is 1. The molecule has 0 aliphatic rings. The molecule has 0 amide bonds. The van der Waals surface area contributed by atoms with E-state index in [4.69, 9.17) is 11.6 Å². The minimum absolute atomic E-state index is 0.143. The van der Waals surface area contributed by atoms with Gasteiger partial charge in [0.15, 0.2) is 6.29 Å². The van der Waals surface area contributed by atoms with Gasteiger partial charge in [0.2, 0.25) is 0 Å². The molecule has 0 atom stereocenters. The Morgan fingerprint density at radius 2 is 2.18 bits per heavy atom. The van der Waals surface area contributed by atoms with Crippen molar-refractivity contribution in [1.29, 1.82) is 0 Å². The van der Waals surface area contributed by atoms with Crippen LogP contribution in [0.5, 0.6) is 0 Å². The van der Waals surface area contributed by atoms with Crippen LogP contribution in [0.2, 0.25) is 4.34 Å². The van der Waals surface area contributed by atoms with Crippen molar-refractivity contribution in [1.82, 2.24) is 9.78 Å². The highest BCUT2D eigenvalue weighted by Crippen LogP contribution is 2.30. The van der Waals surface area contributed by atoms with Crippen LogP contribution in [0.4, 0.5) is 0 Å². The predicted octanol–water partition coefficient (Wildman–Crippen LogP) is 3.83. The smallest absolute Gasteiger partial charge is 0.153 e. The lowest BCUT2D eigenvalue weighted by Gasteiger charge is -2.18. The maximum absolute atomic E-state index is 11.1. The minimum atomic E-state index is -0.143. The molecule has 0 saturated carbocycles. The number of rotatable bonds is 2. The Morgan fingerprint density at radius 1 is 1.47 bits per heavy atom. The normalized spacial score (nSPS) is 11.8. The minimum Gasteiger partial charge on any atom is -0.298 e. The lowest BCUT2D eigenvalue weighted by molar-refractivity contribution is 0.112. The Hall–Kier alpha value is -1.13. The molecular formula is C12H13ClN2OS. The van der Waals surface area contributed by atoms with E-state index in [1.54, 1.807) is 10.9 Å². The lowest BCUT2D eigenvalue weighted by Crippen LogP contribution is -2.22. The van der Waals surface area contributed by atoms with Gasteiger partial charge in [-0.3, -0.25) is 9.48 Å². The summed E-state index contributed by atoms with van der Waals surface area (Å²) in [7, 11) is 0. The number of hydrogen-bond donors (Lipinski definition) is 0. The van der Waals surface area contributed by atoms with Gasteiger partial charge in [-0.2, -0.15) is 5.10 Å². The number of nitrogens with zero attached hydrogens (tertiary/aromatic N) is 2. The van der Waals surface area contributed by atoms with Crippen molar-refractivity contribution in [2.24, 2.45) is 0 Å². The van der Waals surface area contributed by atoms with Gasteiger partial charge >= 0.3 is 0 Å². The van der Waals surface area contributed by atoms with Crippen LogP contribution in [0, 0.1) is 0 Å². The number of hydrogen-bond acceptors (Lipinski definition) is 3. The van der Waals surface area contributed by atoms with Crippen molar-refractivity contribution in [2.75, 3.05) is 0 Å². The predicted molar refractivity (Wildman–Crippen MR) is 70.9 cm³/mol. The maximum Gasteiger partial charge on any atom is 0.153 e. The van der Waals surface area contributed by atoms with Gasteiger partial charge in [-0.05, 0) is 26.8 Å². The zero-order valence-corrected chi connectivity index (χ0v) is 11.5. The van der Waals surface area contributed by atoms with E-state index < -0.39 is 0 Å². The first-order chi connectivity index (χ1) is 7.91. The lowest BCUT2D eigenvalue weighted by atomic mass is 10.1. The zero-order chi connectivity index (χ0) is 12.6. The molecule has 0 fully saturated rings. The van der Waals surface area contributed by atoms with E-state index in [1.807, 2.05) is 32.2 Å². The number of aromatic nitrogens is 2. The summed E-state index contributed by atoms with van der Waals surface area (Å²) in [6.07, 6.45) is 2.60. The number of carbonyl (C=O) groups is 1. The Morgan fingerprint density at radius 3 is 2.65 bits per heavy atom. The number of thiophene rings is 1. The summed E-state index contributed by atoms with van der Waals surface area (Å²) < 4.78 is 2.50. The van der Waals surface area contributed by atoms with Gasteiger partial charge in [0.25, 0.3) is 0 Å². The molecule has 0 saturated heterocycles. The molecular weight excluding hydrogens is 256 g/mol. The molecule has 3 nitrogen and oxygen atoms in total. The molecule has 0 bridgehead atoms. The molecule has 0 spiro atoms. The first kappa shape index (κ1) is 12.3. The fourth-order valence-corrected chi connectivity index (χ4v) is 2.34. The molecule has 0 aliphatic carbocycles. The standard InChI is InChI=1S/C12H13ClN2OS/c1-12(2,3)15-5-9(6-16)11(14-15)8-4-10(13)17-7-8/h4-7H,1-3H3. The molecule has 2 heterocycles. The fraction of sp³-hybridized carbons (Fsp3) is 0.333. The molecule has 90 valence electrons. The highest BCUT2D eigenvalue weighted by atomic mass is 35.5. The van der Waals surface area contributed by atoms with Crippen LogP contribution >= 0.6 is 22.9 Å². The number of carbonyl (C=O) groups excluding carboxylic acids is 1. The van der Waals surface area contributed by atoms with Gasteiger partial charge < -0.3 is 0 Å². The molecule has 2 aromatic rings. The van der Waals surface area contributed by atoms with Crippen molar-refractivity contribution in [3.05, 3.63) is 27.5 Å². The molecule has 17 heavy (non-hydrogen) atoms. The van der Waals surface area contributed by atoms with Crippen LogP contribution in [0.15, 0.2) is 17.6 Å². The Bertz CT molecular complexity index is 551. The summed E-state index contributed by atoms with van der Waals surface area (Å²) in [5.74, 6) is 0. The molecule has 0 radical (unpaired) electrons. The van der Waals surface area contributed by atoms with Crippen LogP contribution in [0.3, 0.4) is 0 Å². The second kappa shape index (κ2) is 4.27. The summed E-state index contributed by atoms with van der Waals surface area (Å²) in [5, 5.41) is 6.38. The Kier molecular flexibility index (Phi) is 3.10. The molecule has 0 aromatic carbocycles. The third-order valence-electron chi connectivity index (χ3n) is 2.40. The summed E-state index contributed by atoms with van der Waals surface area (Å²) in [4.78, 5) is 11.1. The highest BCUT2D eigenvalue weighted by Gasteiger charge is 2.19. The number of aldehydes is 1. The van der Waals surface area contributed by atoms with Crippen LogP contribution in [0.25, 0.3) is 11.3 Å². The molecule has 5 heteroatoms. The van der Waals surface area contributed by atoms with E-state index in [0.29, 0.717) is 15.6 Å². The van der Waals surface area contributed by atoms with Gasteiger partial charge in [0, 0.05) is 17.1 Å². The Labute approximate surface area is 109 Å². The first-order valence-electron chi connectivity index (χ1n) is 5.21. The van der Waals surface area contributed by atoms with Crippen molar-refractivity contribution >= 4 is 29.2 Å². The van der Waals surface area contributed by atoms with Gasteiger partial charge in [-0.1, -0.05) is 11.6 Å². The van der Waals surface area contributed by atoms with Crippen LogP contribution in [-0.2, 0) is 5.54 Å². The van der Waals surface area contributed by atoms with E-state index in [9.17, 15) is 4.79 Å². The van der Waals surface area contributed by atoms with Gasteiger partial charge in [-0.25, -0.2) is 0 Å². The Balaban J connectivity index is 2.54. The largest absolute Gasteiger partial charge is 0.298 e. The molecule has 2 rings (SSSR count). The average Bonchev–Trinajstić information content (AvgIpc) is 2.81. The highest BCUT2D eigenvalue weighted by molar-refractivity contribution is 7.14. The van der Waals surface area contributed by atoms with Crippen LogP contribution in [0.1, 0.15) is 31.1 Å². The third kappa shape index (κ3) is 2.42. The van der Waals surface area contributed by atoms with Crippen LogP contribution < -0.4 is 0 Å². The molecule has 0 aliphatic heterocycles. The molecule has 2 aromatic heterocycles. The van der Waals surface area contributed by atoms with Crippen molar-refractivity contribution in [3.8, 4) is 11.3 Å². The summed E-state index contributed by atoms with van der Waals surface area (Å²) in [6.45, 7) is 6.12. The van der Waals surface area contributed by atoms with E-state index in [-0.39, 0.29) is 5.54 Å². The van der Waals surface area contributed by atoms with Gasteiger partial charge in [-0.15, -0.1) is 11.3 Å². The quantitative estimate of drug-likeness (QED) is 0.776. The van der Waals surface area contributed by atoms with E-state index in [2.05, 4.69) is 5.10 Å². The topological polar surface area (TPSA) is 34.9 Å². The van der Waals surface area contributed by atoms with Crippen molar-refractivity contribution in [3.63, 3.8) is 0 Å². The van der Waals surface area contributed by atoms with Crippen molar-refractivity contribution in [2.45, 2.75) is 26.3 Å². The third-order valence-corrected chi connectivity index (χ3v) is 3.49. The van der Waals surface area contributed by atoms with E-state index in [1.165, 1.54) is 11.3 Å². The van der Waals surface area contributed by atoms with E-state index >= 15 is 0 Å². The maximum atomic E-state index is 11.1. The fourth-order valence-electron chi connectivity index (χ4n) is 1.48. The SMILES string of the molecule is CC(C)(C)n1cc(C=O)c(-c2csc(Cl)c2)n1. The first-order valence-corrected chi connectivity index (χ1v) is 6.47. The van der Waals surface area contributed by atoms with Crippen LogP contribution in [-0.4, -0.2) is 16.1 Å². The second-order valence-corrected chi connectivity index (χ2v) is 6.35.